The molecular weight excluding hydrogens is 325 g/mol. The van der Waals surface area contributed by atoms with Crippen LogP contribution in [0, 0.1) is 19.7 Å². The second-order valence-electron chi connectivity index (χ2n) is 6.13. The summed E-state index contributed by atoms with van der Waals surface area (Å²) < 4.78 is 15.6. The molecule has 6 heteroatoms. The molecule has 0 radical (unpaired) electrons. The number of halogens is 1. The fraction of sp³-hybridized carbons (Fsp3) is 0.444. The number of hydrogen-bond acceptors (Lipinski definition) is 3. The van der Waals surface area contributed by atoms with Crippen molar-refractivity contribution >= 4 is 17.7 Å². The highest BCUT2D eigenvalue weighted by atomic mass is 32.2. The van der Waals surface area contributed by atoms with Crippen LogP contribution < -0.4 is 5.32 Å². The predicted molar refractivity (Wildman–Crippen MR) is 95.2 cm³/mol. The SMILES string of the molecule is Cc1nn(-c2ccccc2F)c(C)c1CC(=O)NC[C@@H]1CCCS1. The van der Waals surface area contributed by atoms with Crippen molar-refractivity contribution < 1.29 is 9.18 Å². The quantitative estimate of drug-likeness (QED) is 0.904. The van der Waals surface area contributed by atoms with Gasteiger partial charge in [-0.15, -0.1) is 0 Å². The Bertz CT molecular complexity index is 738. The number of carbonyl (C=O) groups is 1. The molecule has 3 rings (SSSR count). The van der Waals surface area contributed by atoms with Gasteiger partial charge in [-0.05, 0) is 44.6 Å². The zero-order chi connectivity index (χ0) is 17.1. The number of nitrogens with one attached hydrogen (secondary N) is 1. The second-order valence-corrected chi connectivity index (χ2v) is 7.54. The molecule has 0 bridgehead atoms. The van der Waals surface area contributed by atoms with Crippen LogP contribution >= 0.6 is 11.8 Å². The first-order chi connectivity index (χ1) is 11.6. The number of thioether (sulfide) groups is 1. The first-order valence-electron chi connectivity index (χ1n) is 8.24. The monoisotopic (exact) mass is 347 g/mol. The van der Waals surface area contributed by atoms with E-state index in [1.54, 1.807) is 22.9 Å². The molecule has 2 heterocycles. The van der Waals surface area contributed by atoms with E-state index in [0.717, 1.165) is 23.5 Å². The van der Waals surface area contributed by atoms with Crippen molar-refractivity contribution in [1.29, 1.82) is 0 Å². The topological polar surface area (TPSA) is 46.9 Å². The Kier molecular flexibility index (Phi) is 5.23. The Balaban J connectivity index is 1.72. The summed E-state index contributed by atoms with van der Waals surface area (Å²) in [5, 5.41) is 7.98. The minimum Gasteiger partial charge on any atom is -0.355 e. The van der Waals surface area contributed by atoms with Gasteiger partial charge < -0.3 is 5.32 Å². The number of rotatable bonds is 5. The number of nitrogens with zero attached hydrogens (tertiary/aromatic N) is 2. The molecule has 1 aliphatic heterocycles. The van der Waals surface area contributed by atoms with Gasteiger partial charge in [0.15, 0.2) is 0 Å². The van der Waals surface area contributed by atoms with E-state index in [1.165, 1.54) is 24.7 Å². The molecule has 1 atom stereocenters. The predicted octanol–water partition coefficient (Wildman–Crippen LogP) is 3.18. The molecule has 1 aromatic heterocycles. The van der Waals surface area contributed by atoms with Gasteiger partial charge in [-0.25, -0.2) is 9.07 Å². The number of amides is 1. The third kappa shape index (κ3) is 3.64. The molecule has 1 saturated heterocycles. The highest BCUT2D eigenvalue weighted by Gasteiger charge is 2.19. The lowest BCUT2D eigenvalue weighted by Gasteiger charge is -2.10. The fourth-order valence-electron chi connectivity index (χ4n) is 3.04. The summed E-state index contributed by atoms with van der Waals surface area (Å²) in [6.45, 7) is 4.46. The summed E-state index contributed by atoms with van der Waals surface area (Å²) in [6, 6.07) is 6.54. The van der Waals surface area contributed by atoms with Crippen molar-refractivity contribution in [3.63, 3.8) is 0 Å². The third-order valence-corrected chi connectivity index (χ3v) is 5.81. The molecular formula is C18H22FN3OS. The van der Waals surface area contributed by atoms with Gasteiger partial charge in [-0.1, -0.05) is 12.1 Å². The van der Waals surface area contributed by atoms with Crippen LogP contribution in [0.2, 0.25) is 0 Å². The van der Waals surface area contributed by atoms with Gasteiger partial charge in [0.25, 0.3) is 0 Å². The maximum atomic E-state index is 14.0. The number of carbonyl (C=O) groups excluding carboxylic acids is 1. The minimum absolute atomic E-state index is 0.00165. The zero-order valence-electron chi connectivity index (χ0n) is 14.0. The normalized spacial score (nSPS) is 17.2. The first-order valence-corrected chi connectivity index (χ1v) is 9.29. The first kappa shape index (κ1) is 17.0. The number of para-hydroxylation sites is 1. The molecule has 0 aliphatic carbocycles. The molecule has 1 aliphatic rings. The Hall–Kier alpha value is -1.82. The third-order valence-electron chi connectivity index (χ3n) is 4.41. The highest BCUT2D eigenvalue weighted by molar-refractivity contribution is 8.00. The maximum absolute atomic E-state index is 14.0. The van der Waals surface area contributed by atoms with Gasteiger partial charge in [0, 0.05) is 23.1 Å². The van der Waals surface area contributed by atoms with Crippen LogP contribution in [-0.2, 0) is 11.2 Å². The lowest BCUT2D eigenvalue weighted by molar-refractivity contribution is -0.120. The highest BCUT2D eigenvalue weighted by Crippen LogP contribution is 2.25. The molecule has 2 aromatic rings. The van der Waals surface area contributed by atoms with Crippen LogP contribution in [0.5, 0.6) is 0 Å². The molecule has 4 nitrogen and oxygen atoms in total. The van der Waals surface area contributed by atoms with E-state index in [9.17, 15) is 9.18 Å². The van der Waals surface area contributed by atoms with Crippen molar-refractivity contribution in [2.24, 2.45) is 0 Å². The van der Waals surface area contributed by atoms with E-state index in [0.29, 0.717) is 10.9 Å². The Morgan fingerprint density at radius 3 is 2.92 bits per heavy atom. The summed E-state index contributed by atoms with van der Waals surface area (Å²) >= 11 is 1.93. The van der Waals surface area contributed by atoms with E-state index in [1.807, 2.05) is 25.6 Å². The molecule has 1 aromatic carbocycles. The van der Waals surface area contributed by atoms with Gasteiger partial charge in [0.05, 0.1) is 12.1 Å². The van der Waals surface area contributed by atoms with Crippen LogP contribution in [0.4, 0.5) is 4.39 Å². The molecule has 1 amide bonds. The lowest BCUT2D eigenvalue weighted by atomic mass is 10.1. The average molecular weight is 347 g/mol. The number of aromatic nitrogens is 2. The van der Waals surface area contributed by atoms with Gasteiger partial charge in [-0.3, -0.25) is 4.79 Å². The zero-order valence-corrected chi connectivity index (χ0v) is 14.8. The van der Waals surface area contributed by atoms with Crippen LogP contribution in [0.25, 0.3) is 5.69 Å². The molecule has 1 fully saturated rings. The van der Waals surface area contributed by atoms with Gasteiger partial charge in [-0.2, -0.15) is 16.9 Å². The summed E-state index contributed by atoms with van der Waals surface area (Å²) in [6.07, 6.45) is 2.69. The van der Waals surface area contributed by atoms with Crippen LogP contribution in [0.3, 0.4) is 0 Å². The van der Waals surface area contributed by atoms with Gasteiger partial charge in [0.1, 0.15) is 11.5 Å². The second kappa shape index (κ2) is 7.38. The molecule has 0 saturated carbocycles. The van der Waals surface area contributed by atoms with Crippen molar-refractivity contribution in [2.75, 3.05) is 12.3 Å². The van der Waals surface area contributed by atoms with E-state index in [2.05, 4.69) is 10.4 Å². The van der Waals surface area contributed by atoms with Crippen molar-refractivity contribution in [1.82, 2.24) is 15.1 Å². The lowest BCUT2D eigenvalue weighted by Crippen LogP contribution is -2.31. The number of aryl methyl sites for hydroxylation is 1. The van der Waals surface area contributed by atoms with Crippen LogP contribution in [0.1, 0.15) is 29.8 Å². The van der Waals surface area contributed by atoms with Gasteiger partial charge >= 0.3 is 0 Å². The average Bonchev–Trinajstić information content (AvgIpc) is 3.17. The maximum Gasteiger partial charge on any atom is 0.224 e. The number of hydrogen-bond donors (Lipinski definition) is 1. The van der Waals surface area contributed by atoms with E-state index in [-0.39, 0.29) is 18.1 Å². The Labute approximate surface area is 145 Å². The van der Waals surface area contributed by atoms with E-state index in [4.69, 9.17) is 0 Å². The molecule has 24 heavy (non-hydrogen) atoms. The van der Waals surface area contributed by atoms with Crippen molar-refractivity contribution in [2.45, 2.75) is 38.4 Å². The van der Waals surface area contributed by atoms with E-state index < -0.39 is 0 Å². The number of benzene rings is 1. The summed E-state index contributed by atoms with van der Waals surface area (Å²) in [5.74, 6) is 0.868. The molecule has 0 unspecified atom stereocenters. The minimum atomic E-state index is -0.322. The van der Waals surface area contributed by atoms with Crippen molar-refractivity contribution in [3.05, 3.63) is 47.0 Å². The largest absolute Gasteiger partial charge is 0.355 e. The van der Waals surface area contributed by atoms with Crippen LogP contribution in [0.15, 0.2) is 24.3 Å². The summed E-state index contributed by atoms with van der Waals surface area (Å²) in [7, 11) is 0. The van der Waals surface area contributed by atoms with Crippen LogP contribution in [-0.4, -0.2) is 33.2 Å². The fourth-order valence-corrected chi connectivity index (χ4v) is 4.25. The van der Waals surface area contributed by atoms with Gasteiger partial charge in [0.2, 0.25) is 5.91 Å². The summed E-state index contributed by atoms with van der Waals surface area (Å²) in [4.78, 5) is 12.3. The molecule has 128 valence electrons. The Morgan fingerprint density at radius 2 is 2.21 bits per heavy atom. The van der Waals surface area contributed by atoms with E-state index >= 15 is 0 Å². The van der Waals surface area contributed by atoms with Crippen molar-refractivity contribution in [3.8, 4) is 5.69 Å². The molecule has 0 spiro atoms. The Morgan fingerprint density at radius 1 is 1.42 bits per heavy atom. The standard InChI is InChI=1S/C18H22FN3OS/c1-12-15(10-18(23)20-11-14-6-5-9-24-14)13(2)22(21-12)17-8-4-3-7-16(17)19/h3-4,7-8,14H,5-6,9-11H2,1-2H3,(H,20,23)/t14-/m0/s1. The molecule has 1 N–H and O–H groups in total. The smallest absolute Gasteiger partial charge is 0.224 e. The summed E-state index contributed by atoms with van der Waals surface area (Å²) in [5.41, 5.74) is 2.85.